The summed E-state index contributed by atoms with van der Waals surface area (Å²) in [5.74, 6) is 0.127. The lowest BCUT2D eigenvalue weighted by molar-refractivity contribution is -0.0511. The molecule has 3 aromatic rings. The Labute approximate surface area is 164 Å². The molecule has 1 saturated heterocycles. The van der Waals surface area contributed by atoms with Crippen molar-refractivity contribution in [3.05, 3.63) is 36.4 Å². The fraction of sp³-hybridized carbons (Fsp3) is 0.389. The average Bonchev–Trinajstić information content (AvgIpc) is 3.26. The maximum Gasteiger partial charge on any atom is 0.167 e. The molecular formula is C18H21N5O6. The summed E-state index contributed by atoms with van der Waals surface area (Å²) >= 11 is 0. The Morgan fingerprint density at radius 2 is 1.90 bits per heavy atom. The van der Waals surface area contributed by atoms with Crippen LogP contribution in [0.4, 0.5) is 5.82 Å². The van der Waals surface area contributed by atoms with Gasteiger partial charge in [-0.25, -0.2) is 15.0 Å². The van der Waals surface area contributed by atoms with Crippen LogP contribution < -0.4 is 5.32 Å². The molecular weight excluding hydrogens is 382 g/mol. The second kappa shape index (κ2) is 7.79. The summed E-state index contributed by atoms with van der Waals surface area (Å²) in [5, 5.41) is 51.6. The van der Waals surface area contributed by atoms with Gasteiger partial charge >= 0.3 is 0 Å². The van der Waals surface area contributed by atoms with E-state index >= 15 is 0 Å². The number of hydrogen-bond acceptors (Lipinski definition) is 10. The molecule has 4 atom stereocenters. The van der Waals surface area contributed by atoms with Gasteiger partial charge in [0.05, 0.1) is 12.9 Å². The molecule has 3 heterocycles. The number of aliphatic hydroxyl groups is 3. The second-order valence-electron chi connectivity index (χ2n) is 6.78. The van der Waals surface area contributed by atoms with Gasteiger partial charge in [-0.05, 0) is 24.1 Å². The Balaban J connectivity index is 1.51. The van der Waals surface area contributed by atoms with Gasteiger partial charge in [-0.1, -0.05) is 6.07 Å². The normalized spacial score (nSPS) is 24.2. The van der Waals surface area contributed by atoms with Crippen LogP contribution in [0.3, 0.4) is 0 Å². The molecule has 2 unspecified atom stereocenters. The van der Waals surface area contributed by atoms with E-state index in [4.69, 9.17) is 4.74 Å². The van der Waals surface area contributed by atoms with Crippen LogP contribution in [0, 0.1) is 0 Å². The molecule has 0 spiro atoms. The minimum atomic E-state index is -1.24. The topological polar surface area (TPSA) is 166 Å². The van der Waals surface area contributed by atoms with Gasteiger partial charge in [0.2, 0.25) is 0 Å². The molecule has 2 aromatic heterocycles. The number of anilines is 1. The van der Waals surface area contributed by atoms with Crippen LogP contribution >= 0.6 is 0 Å². The molecule has 4 rings (SSSR count). The number of rotatable bonds is 6. The molecule has 6 N–H and O–H groups in total. The molecule has 11 heteroatoms. The number of phenolic OH excluding ortho intramolecular Hbond substituents is 2. The molecule has 0 bridgehead atoms. The first-order chi connectivity index (χ1) is 14.0. The highest BCUT2D eigenvalue weighted by Gasteiger charge is 2.44. The highest BCUT2D eigenvalue weighted by molar-refractivity contribution is 5.82. The Hall–Kier alpha value is -2.99. The van der Waals surface area contributed by atoms with Crippen LogP contribution in [0.5, 0.6) is 11.5 Å². The van der Waals surface area contributed by atoms with Crippen molar-refractivity contribution >= 4 is 17.0 Å². The fourth-order valence-corrected chi connectivity index (χ4v) is 3.33. The third kappa shape index (κ3) is 3.56. The molecule has 154 valence electrons. The summed E-state index contributed by atoms with van der Waals surface area (Å²) in [6, 6.07) is 4.63. The average molecular weight is 403 g/mol. The molecule has 0 radical (unpaired) electrons. The van der Waals surface area contributed by atoms with E-state index in [1.165, 1.54) is 29.4 Å². The number of hydrogen-bond donors (Lipinski definition) is 6. The third-order valence-electron chi connectivity index (χ3n) is 4.90. The number of aliphatic hydroxyl groups excluding tert-OH is 3. The highest BCUT2D eigenvalue weighted by Crippen LogP contribution is 2.32. The van der Waals surface area contributed by atoms with Crippen LogP contribution in [0.15, 0.2) is 30.9 Å². The molecule has 1 aromatic carbocycles. The maximum absolute atomic E-state index is 10.2. The van der Waals surface area contributed by atoms with E-state index in [1.807, 2.05) is 0 Å². The van der Waals surface area contributed by atoms with Crippen LogP contribution in [-0.4, -0.2) is 76.5 Å². The molecule has 1 aliphatic rings. The lowest BCUT2D eigenvalue weighted by atomic mass is 10.1. The Bertz CT molecular complexity index is 1010. The van der Waals surface area contributed by atoms with Gasteiger partial charge in [-0.3, -0.25) is 4.57 Å². The Morgan fingerprint density at radius 1 is 1.07 bits per heavy atom. The fourth-order valence-electron chi connectivity index (χ4n) is 3.33. The van der Waals surface area contributed by atoms with Gasteiger partial charge in [0.15, 0.2) is 34.7 Å². The summed E-state index contributed by atoms with van der Waals surface area (Å²) < 4.78 is 7.03. The van der Waals surface area contributed by atoms with E-state index < -0.39 is 31.1 Å². The number of aromatic hydroxyl groups is 2. The van der Waals surface area contributed by atoms with E-state index in [-0.39, 0.29) is 11.5 Å². The van der Waals surface area contributed by atoms with Crippen molar-refractivity contribution in [2.75, 3.05) is 18.5 Å². The monoisotopic (exact) mass is 403 g/mol. The van der Waals surface area contributed by atoms with Crippen molar-refractivity contribution in [1.29, 1.82) is 0 Å². The lowest BCUT2D eigenvalue weighted by Crippen LogP contribution is -2.33. The van der Waals surface area contributed by atoms with Crippen LogP contribution in [0.25, 0.3) is 11.2 Å². The molecule has 0 saturated carbocycles. The van der Waals surface area contributed by atoms with Gasteiger partial charge in [0, 0.05) is 6.54 Å². The number of phenols is 2. The van der Waals surface area contributed by atoms with E-state index in [0.29, 0.717) is 29.9 Å². The van der Waals surface area contributed by atoms with Gasteiger partial charge in [-0.2, -0.15) is 0 Å². The first-order valence-electron chi connectivity index (χ1n) is 9.04. The largest absolute Gasteiger partial charge is 0.504 e. The zero-order valence-electron chi connectivity index (χ0n) is 15.3. The van der Waals surface area contributed by atoms with E-state index in [2.05, 4.69) is 20.3 Å². The van der Waals surface area contributed by atoms with E-state index in [9.17, 15) is 25.5 Å². The van der Waals surface area contributed by atoms with Crippen molar-refractivity contribution in [2.45, 2.75) is 31.0 Å². The molecule has 1 fully saturated rings. The number of fused-ring (bicyclic) bond motifs is 1. The zero-order chi connectivity index (χ0) is 20.5. The Morgan fingerprint density at radius 3 is 2.62 bits per heavy atom. The van der Waals surface area contributed by atoms with Crippen molar-refractivity contribution in [3.63, 3.8) is 0 Å². The van der Waals surface area contributed by atoms with Gasteiger partial charge in [0.1, 0.15) is 24.6 Å². The minimum Gasteiger partial charge on any atom is -0.504 e. The SMILES string of the molecule is OC[C@H]1O[C@@H](n2cnc3c(NCCc4ccc(O)c(O)c4)ncnc32)C(O)C1O. The van der Waals surface area contributed by atoms with E-state index in [0.717, 1.165) is 5.56 Å². The quantitative estimate of drug-likeness (QED) is 0.295. The number of benzene rings is 1. The Kier molecular flexibility index (Phi) is 5.20. The lowest BCUT2D eigenvalue weighted by Gasteiger charge is -2.16. The third-order valence-corrected chi connectivity index (χ3v) is 4.90. The van der Waals surface area contributed by atoms with Crippen molar-refractivity contribution in [1.82, 2.24) is 19.5 Å². The highest BCUT2D eigenvalue weighted by atomic mass is 16.6. The molecule has 0 amide bonds. The smallest absolute Gasteiger partial charge is 0.167 e. The van der Waals surface area contributed by atoms with E-state index in [1.54, 1.807) is 6.07 Å². The maximum atomic E-state index is 10.2. The van der Waals surface area contributed by atoms with Crippen LogP contribution in [-0.2, 0) is 11.2 Å². The zero-order valence-corrected chi connectivity index (χ0v) is 15.3. The number of ether oxygens (including phenoxy) is 1. The number of aromatic nitrogens is 4. The predicted molar refractivity (Wildman–Crippen MR) is 100 cm³/mol. The van der Waals surface area contributed by atoms with Gasteiger partial charge in [0.25, 0.3) is 0 Å². The number of nitrogens with one attached hydrogen (secondary N) is 1. The van der Waals surface area contributed by atoms with Gasteiger partial charge < -0.3 is 35.6 Å². The second-order valence-corrected chi connectivity index (χ2v) is 6.78. The van der Waals surface area contributed by atoms with Crippen LogP contribution in [0.1, 0.15) is 11.8 Å². The molecule has 1 aliphatic heterocycles. The summed E-state index contributed by atoms with van der Waals surface area (Å²) in [6.07, 6.45) is -0.945. The number of nitrogens with zero attached hydrogens (tertiary/aromatic N) is 4. The molecule has 29 heavy (non-hydrogen) atoms. The summed E-state index contributed by atoms with van der Waals surface area (Å²) in [6.45, 7) is 0.0625. The first kappa shape index (κ1) is 19.3. The first-order valence-corrected chi connectivity index (χ1v) is 9.04. The number of imidazole rings is 1. The molecule has 0 aliphatic carbocycles. The standard InChI is InChI=1S/C18H21N5O6/c24-6-12-14(27)15(28)18(29-12)23-8-22-13-16(20-7-21-17(13)23)19-4-3-9-1-2-10(25)11(26)5-9/h1-2,5,7-8,12,14-15,18,24-28H,3-4,6H2,(H,19,20,21)/t12-,14?,15?,18-/m1/s1. The van der Waals surface area contributed by atoms with Crippen LogP contribution in [0.2, 0.25) is 0 Å². The predicted octanol–water partition coefficient (Wildman–Crippen LogP) is -0.496. The summed E-state index contributed by atoms with van der Waals surface area (Å²) in [5.41, 5.74) is 1.69. The van der Waals surface area contributed by atoms with Crippen molar-refractivity contribution < 1.29 is 30.3 Å². The molecule has 11 nitrogen and oxygen atoms in total. The van der Waals surface area contributed by atoms with Crippen molar-refractivity contribution in [3.8, 4) is 11.5 Å². The van der Waals surface area contributed by atoms with Crippen molar-refractivity contribution in [2.24, 2.45) is 0 Å². The summed E-state index contributed by atoms with van der Waals surface area (Å²) in [7, 11) is 0. The summed E-state index contributed by atoms with van der Waals surface area (Å²) in [4.78, 5) is 12.7. The van der Waals surface area contributed by atoms with Gasteiger partial charge in [-0.15, -0.1) is 0 Å². The minimum absolute atomic E-state index is 0.172.